The molecule has 0 spiro atoms. The molecule has 0 saturated carbocycles. The Bertz CT molecular complexity index is 114. The van der Waals surface area contributed by atoms with Crippen molar-refractivity contribution in [3.8, 4) is 0 Å². The van der Waals surface area contributed by atoms with Crippen LogP contribution in [0.2, 0.25) is 0 Å². The summed E-state index contributed by atoms with van der Waals surface area (Å²) in [5.41, 5.74) is -0.743. The minimum absolute atomic E-state index is 0.207. The normalized spacial score (nSPS) is 15.6. The van der Waals surface area contributed by atoms with Crippen LogP contribution < -0.4 is 4.72 Å². The van der Waals surface area contributed by atoms with Gasteiger partial charge >= 0.3 is 0 Å². The van der Waals surface area contributed by atoms with E-state index >= 15 is 0 Å². The highest BCUT2D eigenvalue weighted by atomic mass is 32.2. The Labute approximate surface area is 56.7 Å². The van der Waals surface area contributed by atoms with Crippen molar-refractivity contribution in [1.82, 2.24) is 4.72 Å². The lowest BCUT2D eigenvalue weighted by Crippen LogP contribution is -2.43. The van der Waals surface area contributed by atoms with Crippen LogP contribution in [0.1, 0.15) is 13.8 Å². The maximum absolute atomic E-state index is 9.95. The zero-order chi connectivity index (χ0) is 7.49. The summed E-state index contributed by atoms with van der Waals surface area (Å²) < 4.78 is 22.0. The molecule has 4 nitrogen and oxygen atoms in total. The first kappa shape index (κ1) is 9.03. The summed E-state index contributed by atoms with van der Waals surface area (Å²) in [7, 11) is 0. The first-order chi connectivity index (χ1) is 3.98. The molecule has 0 aliphatic heterocycles. The summed E-state index contributed by atoms with van der Waals surface area (Å²) in [5, 5.41) is 8.51. The number of rotatable bonds is 3. The van der Waals surface area contributed by atoms with Crippen LogP contribution in [0.15, 0.2) is 0 Å². The van der Waals surface area contributed by atoms with Gasteiger partial charge in [-0.15, -0.1) is 0 Å². The number of hydrogen-bond donors (Lipinski definition) is 2. The molecule has 9 heavy (non-hydrogen) atoms. The SMILES string of the molecule is CC(C)(CO)NS(=O)[O-]. The summed E-state index contributed by atoms with van der Waals surface area (Å²) in [5.74, 6) is 0. The molecule has 1 atom stereocenters. The molecule has 0 heterocycles. The number of aliphatic hydroxyl groups is 1. The van der Waals surface area contributed by atoms with Crippen LogP contribution in [-0.2, 0) is 11.3 Å². The minimum Gasteiger partial charge on any atom is -0.760 e. The fraction of sp³-hybridized carbons (Fsp3) is 1.00. The van der Waals surface area contributed by atoms with Crippen LogP contribution in [0.4, 0.5) is 0 Å². The second-order valence-electron chi connectivity index (χ2n) is 2.38. The van der Waals surface area contributed by atoms with E-state index in [-0.39, 0.29) is 6.61 Å². The van der Waals surface area contributed by atoms with E-state index in [2.05, 4.69) is 4.72 Å². The molecule has 0 fully saturated rings. The predicted octanol–water partition coefficient (Wildman–Crippen LogP) is -0.859. The molecule has 0 bridgehead atoms. The molecule has 0 radical (unpaired) electrons. The molecule has 0 aromatic rings. The highest BCUT2D eigenvalue weighted by Gasteiger charge is 2.14. The average Bonchev–Trinajstić information content (AvgIpc) is 1.63. The van der Waals surface area contributed by atoms with Crippen LogP contribution in [0.3, 0.4) is 0 Å². The minimum atomic E-state index is -2.29. The summed E-state index contributed by atoms with van der Waals surface area (Å²) >= 11 is -2.29. The van der Waals surface area contributed by atoms with Crippen LogP contribution in [0.5, 0.6) is 0 Å². The van der Waals surface area contributed by atoms with E-state index in [1.807, 2.05) is 0 Å². The van der Waals surface area contributed by atoms with E-state index < -0.39 is 16.8 Å². The van der Waals surface area contributed by atoms with Gasteiger partial charge < -0.3 is 9.66 Å². The second kappa shape index (κ2) is 3.26. The molecule has 0 aliphatic rings. The van der Waals surface area contributed by atoms with Crippen molar-refractivity contribution in [1.29, 1.82) is 0 Å². The Morgan fingerprint density at radius 3 is 2.33 bits per heavy atom. The number of nitrogens with one attached hydrogen (secondary N) is 1. The van der Waals surface area contributed by atoms with Crippen molar-refractivity contribution in [3.05, 3.63) is 0 Å². The van der Waals surface area contributed by atoms with Crippen molar-refractivity contribution in [2.75, 3.05) is 6.61 Å². The van der Waals surface area contributed by atoms with E-state index in [9.17, 15) is 8.76 Å². The van der Waals surface area contributed by atoms with Gasteiger partial charge in [-0.1, -0.05) is 0 Å². The van der Waals surface area contributed by atoms with Crippen molar-refractivity contribution < 1.29 is 13.9 Å². The number of hydrogen-bond acceptors (Lipinski definition) is 3. The van der Waals surface area contributed by atoms with Crippen LogP contribution >= 0.6 is 0 Å². The molecule has 0 aliphatic carbocycles. The van der Waals surface area contributed by atoms with Gasteiger partial charge in [-0.2, -0.15) is 0 Å². The molecule has 5 heteroatoms. The van der Waals surface area contributed by atoms with E-state index in [0.717, 1.165) is 0 Å². The lowest BCUT2D eigenvalue weighted by molar-refractivity contribution is 0.207. The van der Waals surface area contributed by atoms with Crippen LogP contribution in [0, 0.1) is 0 Å². The van der Waals surface area contributed by atoms with Gasteiger partial charge in [0, 0.05) is 16.8 Å². The summed E-state index contributed by atoms with van der Waals surface area (Å²) in [6.07, 6.45) is 0. The van der Waals surface area contributed by atoms with Gasteiger partial charge in [0.25, 0.3) is 0 Å². The third-order valence-corrected chi connectivity index (χ3v) is 1.47. The summed E-state index contributed by atoms with van der Waals surface area (Å²) in [6, 6.07) is 0. The standard InChI is InChI=1S/C4H11NO3S/c1-4(2,3-6)5-9(7)8/h5-6H,3H2,1-2H3,(H,7,8)/p-1. The first-order valence-corrected chi connectivity index (χ1v) is 3.53. The Balaban J connectivity index is 3.71. The maximum Gasteiger partial charge on any atom is 0.0616 e. The monoisotopic (exact) mass is 152 g/mol. The molecular formula is C4H10NO3S-. The first-order valence-electron chi connectivity index (χ1n) is 2.46. The lowest BCUT2D eigenvalue weighted by Gasteiger charge is -2.24. The Morgan fingerprint density at radius 1 is 1.78 bits per heavy atom. The molecule has 1 unspecified atom stereocenters. The van der Waals surface area contributed by atoms with Crippen molar-refractivity contribution in [2.45, 2.75) is 19.4 Å². The van der Waals surface area contributed by atoms with E-state index in [4.69, 9.17) is 5.11 Å². The quantitative estimate of drug-likeness (QED) is 0.517. The predicted molar refractivity (Wildman–Crippen MR) is 33.2 cm³/mol. The molecular weight excluding hydrogens is 142 g/mol. The molecule has 2 N–H and O–H groups in total. The topological polar surface area (TPSA) is 72.4 Å². The van der Waals surface area contributed by atoms with E-state index in [0.29, 0.717) is 0 Å². The van der Waals surface area contributed by atoms with Gasteiger partial charge in [-0.25, -0.2) is 4.72 Å². The number of aliphatic hydroxyl groups excluding tert-OH is 1. The summed E-state index contributed by atoms with van der Waals surface area (Å²) in [6.45, 7) is 2.96. The van der Waals surface area contributed by atoms with Gasteiger partial charge in [0.1, 0.15) is 0 Å². The molecule has 0 saturated heterocycles. The van der Waals surface area contributed by atoms with E-state index in [1.165, 1.54) is 0 Å². The van der Waals surface area contributed by atoms with Crippen LogP contribution in [-0.4, -0.2) is 26.0 Å². The largest absolute Gasteiger partial charge is 0.760 e. The highest BCUT2D eigenvalue weighted by molar-refractivity contribution is 7.77. The van der Waals surface area contributed by atoms with Crippen molar-refractivity contribution >= 4 is 11.3 Å². The lowest BCUT2D eigenvalue weighted by atomic mass is 10.1. The van der Waals surface area contributed by atoms with Gasteiger partial charge in [0.05, 0.1) is 6.61 Å². The molecule has 56 valence electrons. The fourth-order valence-electron chi connectivity index (χ4n) is 0.258. The zero-order valence-electron chi connectivity index (χ0n) is 5.38. The van der Waals surface area contributed by atoms with Gasteiger partial charge in [0.2, 0.25) is 0 Å². The van der Waals surface area contributed by atoms with Gasteiger partial charge in [-0.05, 0) is 13.8 Å². The zero-order valence-corrected chi connectivity index (χ0v) is 6.20. The van der Waals surface area contributed by atoms with Gasteiger partial charge in [-0.3, -0.25) is 4.21 Å². The Kier molecular flexibility index (Phi) is 3.27. The average molecular weight is 152 g/mol. The molecule has 0 aromatic heterocycles. The second-order valence-corrected chi connectivity index (χ2v) is 3.05. The van der Waals surface area contributed by atoms with Crippen LogP contribution in [0.25, 0.3) is 0 Å². The fourth-order valence-corrected chi connectivity index (χ4v) is 0.774. The molecule has 0 amide bonds. The third kappa shape index (κ3) is 4.53. The maximum atomic E-state index is 9.95. The summed E-state index contributed by atoms with van der Waals surface area (Å²) in [4.78, 5) is 0. The smallest absolute Gasteiger partial charge is 0.0616 e. The highest BCUT2D eigenvalue weighted by Crippen LogP contribution is 1.98. The molecule has 0 rings (SSSR count). The third-order valence-electron chi connectivity index (χ3n) is 0.755. The van der Waals surface area contributed by atoms with E-state index in [1.54, 1.807) is 13.8 Å². The van der Waals surface area contributed by atoms with Crippen molar-refractivity contribution in [2.24, 2.45) is 0 Å². The molecule has 0 aromatic carbocycles. The Morgan fingerprint density at radius 2 is 2.22 bits per heavy atom. The Hall–Kier alpha value is 0.0300. The van der Waals surface area contributed by atoms with Gasteiger partial charge in [0.15, 0.2) is 0 Å². The van der Waals surface area contributed by atoms with Crippen molar-refractivity contribution in [3.63, 3.8) is 0 Å².